The lowest BCUT2D eigenvalue weighted by atomic mass is 10.2. The Morgan fingerprint density at radius 3 is 2.60 bits per heavy atom. The van der Waals surface area contributed by atoms with Crippen molar-refractivity contribution in [3.63, 3.8) is 0 Å². The summed E-state index contributed by atoms with van der Waals surface area (Å²) in [7, 11) is 0. The van der Waals surface area contributed by atoms with Crippen molar-refractivity contribution in [3.8, 4) is 0 Å². The van der Waals surface area contributed by atoms with Crippen LogP contribution in [0.15, 0.2) is 30.3 Å². The van der Waals surface area contributed by atoms with Crippen molar-refractivity contribution in [2.45, 2.75) is 6.37 Å². The minimum absolute atomic E-state index is 0.282. The third kappa shape index (κ3) is 2.19. The molecule has 52 valence electrons. The highest BCUT2D eigenvalue weighted by molar-refractivity contribution is 6.63. The summed E-state index contributed by atoms with van der Waals surface area (Å²) in [5.74, 6) is 0. The Morgan fingerprint density at radius 1 is 1.50 bits per heavy atom. The lowest BCUT2D eigenvalue weighted by molar-refractivity contribution is -0.111. The molecule has 0 radical (unpaired) electrons. The summed E-state index contributed by atoms with van der Waals surface area (Å²) in [6.45, 7) is 0. The molecule has 0 saturated heterocycles. The lowest BCUT2D eigenvalue weighted by Crippen LogP contribution is -1.91. The van der Waals surface area contributed by atoms with Gasteiger partial charge in [-0.15, -0.1) is 0 Å². The van der Waals surface area contributed by atoms with Crippen LogP contribution >= 0.6 is 11.6 Å². The van der Waals surface area contributed by atoms with Crippen LogP contribution in [0.5, 0.6) is 0 Å². The van der Waals surface area contributed by atoms with E-state index in [0.29, 0.717) is 0 Å². The zero-order chi connectivity index (χ0) is 9.19. The van der Waals surface area contributed by atoms with Crippen molar-refractivity contribution in [2.24, 2.45) is 0 Å². The van der Waals surface area contributed by atoms with Gasteiger partial charge < -0.3 is 0 Å². The molecular formula is C8H7ClO. The van der Waals surface area contributed by atoms with E-state index < -0.39 is 11.6 Å². The lowest BCUT2D eigenvalue weighted by Gasteiger charge is -1.92. The Kier molecular flexibility index (Phi) is 1.66. The Morgan fingerprint density at radius 2 is 2.10 bits per heavy atom. The predicted octanol–water partition coefficient (Wildman–Crippen LogP) is 1.99. The Bertz CT molecular complexity index is 284. The number of rotatable bonds is 2. The summed E-state index contributed by atoms with van der Waals surface area (Å²) in [4.78, 5) is 10.7. The fraction of sp³-hybridized carbons (Fsp3) is 0.125. The van der Waals surface area contributed by atoms with Crippen molar-refractivity contribution < 1.29 is 7.54 Å². The van der Waals surface area contributed by atoms with Crippen LogP contribution < -0.4 is 0 Å². The molecule has 1 aromatic rings. The maximum absolute atomic E-state index is 10.7. The topological polar surface area (TPSA) is 17.1 Å². The summed E-state index contributed by atoms with van der Waals surface area (Å²) >= 11 is 5.09. The van der Waals surface area contributed by atoms with Gasteiger partial charge in [-0.1, -0.05) is 30.3 Å². The van der Waals surface area contributed by atoms with Gasteiger partial charge in [-0.3, -0.25) is 4.79 Å². The molecule has 10 heavy (non-hydrogen) atoms. The molecule has 0 saturated carbocycles. The first-order valence-corrected chi connectivity index (χ1v) is 3.18. The molecule has 0 amide bonds. The zero-order valence-corrected chi connectivity index (χ0v) is 5.93. The van der Waals surface area contributed by atoms with Crippen molar-refractivity contribution in [2.75, 3.05) is 0 Å². The second-order valence-corrected chi connectivity index (χ2v) is 2.11. The van der Waals surface area contributed by atoms with Gasteiger partial charge in [0.1, 0.15) is 0 Å². The van der Waals surface area contributed by atoms with Crippen LogP contribution in [-0.4, -0.2) is 5.24 Å². The number of hydrogen-bond donors (Lipinski definition) is 0. The van der Waals surface area contributed by atoms with Gasteiger partial charge in [0.15, 0.2) is 0 Å². The van der Waals surface area contributed by atoms with Gasteiger partial charge in [-0.2, -0.15) is 0 Å². The smallest absolute Gasteiger partial charge is 0.226 e. The molecule has 0 heterocycles. The predicted molar refractivity (Wildman–Crippen MR) is 41.0 cm³/mol. The SMILES string of the molecule is [2H]C([2H])(C(=O)Cl)c1ccccc1. The quantitative estimate of drug-likeness (QED) is 0.599. The molecule has 0 aliphatic heterocycles. The van der Waals surface area contributed by atoms with Crippen molar-refractivity contribution in [1.82, 2.24) is 0 Å². The van der Waals surface area contributed by atoms with Crippen LogP contribution in [0.1, 0.15) is 8.30 Å². The third-order valence-electron chi connectivity index (χ3n) is 1.02. The number of carbonyl (C=O) groups excluding carboxylic acids is 1. The molecule has 1 aromatic carbocycles. The van der Waals surface area contributed by atoms with Gasteiger partial charge in [-0.05, 0) is 17.2 Å². The zero-order valence-electron chi connectivity index (χ0n) is 7.17. The molecule has 1 rings (SSSR count). The molecule has 0 N–H and O–H groups in total. The molecule has 0 bridgehead atoms. The number of benzene rings is 1. The Hall–Kier alpha value is -0.820. The average Bonchev–Trinajstić information content (AvgIpc) is 2.06. The van der Waals surface area contributed by atoms with Gasteiger partial charge in [0.05, 0.1) is 0 Å². The van der Waals surface area contributed by atoms with E-state index in [1.54, 1.807) is 18.2 Å². The van der Waals surface area contributed by atoms with E-state index >= 15 is 0 Å². The highest BCUT2D eigenvalue weighted by atomic mass is 35.5. The van der Waals surface area contributed by atoms with Gasteiger partial charge >= 0.3 is 0 Å². The van der Waals surface area contributed by atoms with Crippen molar-refractivity contribution in [1.29, 1.82) is 0 Å². The first-order chi connectivity index (χ1) is 5.55. The molecule has 0 fully saturated rings. The van der Waals surface area contributed by atoms with Crippen LogP contribution in [0.4, 0.5) is 0 Å². The number of carbonyl (C=O) groups is 1. The van der Waals surface area contributed by atoms with Crippen LogP contribution in [0.3, 0.4) is 0 Å². The molecule has 0 spiro atoms. The highest BCUT2D eigenvalue weighted by Gasteiger charge is 1.95. The van der Waals surface area contributed by atoms with Crippen LogP contribution in [0.2, 0.25) is 0 Å². The van der Waals surface area contributed by atoms with E-state index in [0.717, 1.165) is 0 Å². The monoisotopic (exact) mass is 156 g/mol. The maximum Gasteiger partial charge on any atom is 0.226 e. The first kappa shape index (κ1) is 4.91. The summed E-state index contributed by atoms with van der Waals surface area (Å²) in [6.07, 6.45) is -2.08. The van der Waals surface area contributed by atoms with E-state index in [9.17, 15) is 4.79 Å². The van der Waals surface area contributed by atoms with Gasteiger partial charge in [0.25, 0.3) is 0 Å². The minimum Gasteiger partial charge on any atom is -0.281 e. The standard InChI is InChI=1S/C8H7ClO/c9-8(10)6-7-4-2-1-3-5-7/h1-5H,6H2/i6D2. The van der Waals surface area contributed by atoms with Crippen LogP contribution in [0, 0.1) is 0 Å². The van der Waals surface area contributed by atoms with Crippen molar-refractivity contribution in [3.05, 3.63) is 35.9 Å². The summed E-state index contributed by atoms with van der Waals surface area (Å²) in [6, 6.07) is 8.12. The largest absolute Gasteiger partial charge is 0.281 e. The van der Waals surface area contributed by atoms with Crippen LogP contribution in [0.25, 0.3) is 0 Å². The molecule has 0 unspecified atom stereocenters. The third-order valence-corrected chi connectivity index (χ3v) is 1.11. The second kappa shape index (κ2) is 3.37. The molecule has 0 aromatic heterocycles. The Balaban J connectivity index is 3.06. The Labute approximate surface area is 67.4 Å². The number of hydrogen-bond acceptors (Lipinski definition) is 1. The normalized spacial score (nSPS) is 13.7. The minimum atomic E-state index is -2.08. The summed E-state index contributed by atoms with van der Waals surface area (Å²) in [5.41, 5.74) is 0.282. The molecule has 0 atom stereocenters. The molecule has 0 aliphatic carbocycles. The summed E-state index contributed by atoms with van der Waals surface area (Å²) < 4.78 is 14.6. The summed E-state index contributed by atoms with van der Waals surface area (Å²) in [5, 5.41) is -0.992. The van der Waals surface area contributed by atoms with Gasteiger partial charge in [-0.25, -0.2) is 0 Å². The first-order valence-electron chi connectivity index (χ1n) is 3.80. The maximum atomic E-state index is 10.7. The fourth-order valence-electron chi connectivity index (χ4n) is 0.635. The average molecular weight is 157 g/mol. The molecular weight excluding hydrogens is 148 g/mol. The van der Waals surface area contributed by atoms with E-state index in [-0.39, 0.29) is 5.56 Å². The van der Waals surface area contributed by atoms with E-state index in [4.69, 9.17) is 14.3 Å². The van der Waals surface area contributed by atoms with Gasteiger partial charge in [0, 0.05) is 9.11 Å². The second-order valence-electron chi connectivity index (χ2n) is 1.76. The molecule has 1 nitrogen and oxygen atoms in total. The van der Waals surface area contributed by atoms with E-state index in [1.165, 1.54) is 12.1 Å². The fourth-order valence-corrected chi connectivity index (χ4v) is 0.744. The van der Waals surface area contributed by atoms with Gasteiger partial charge in [0.2, 0.25) is 5.24 Å². The molecule has 0 aliphatic rings. The van der Waals surface area contributed by atoms with Crippen molar-refractivity contribution >= 4 is 16.8 Å². The molecule has 2 heteroatoms. The van der Waals surface area contributed by atoms with E-state index in [1.807, 2.05) is 0 Å². The van der Waals surface area contributed by atoms with E-state index in [2.05, 4.69) is 0 Å². The number of halogens is 1. The van der Waals surface area contributed by atoms with Crippen LogP contribution in [-0.2, 0) is 11.2 Å². The highest BCUT2D eigenvalue weighted by Crippen LogP contribution is 2.00.